The van der Waals surface area contributed by atoms with Crippen LogP contribution < -0.4 is 14.8 Å². The van der Waals surface area contributed by atoms with Gasteiger partial charge in [0.15, 0.2) is 0 Å². The monoisotopic (exact) mass is 460 g/mol. The molecule has 0 aliphatic heterocycles. The van der Waals surface area contributed by atoms with Crippen molar-refractivity contribution in [1.29, 1.82) is 0 Å². The summed E-state index contributed by atoms with van der Waals surface area (Å²) in [5, 5.41) is 4.79. The van der Waals surface area contributed by atoms with Crippen molar-refractivity contribution < 1.29 is 4.43 Å². The molecule has 0 spiro atoms. The molecule has 0 aliphatic rings. The molecule has 0 aromatic heterocycles. The first-order valence-electron chi connectivity index (χ1n) is 9.91. The van der Waals surface area contributed by atoms with Crippen molar-refractivity contribution in [2.24, 2.45) is 0 Å². The first kappa shape index (κ1) is 19.9. The summed E-state index contributed by atoms with van der Waals surface area (Å²) in [5.41, 5.74) is 0. The molecular formula is C26H25BrOSi. The van der Waals surface area contributed by atoms with Crippen molar-refractivity contribution in [3.63, 3.8) is 0 Å². The van der Waals surface area contributed by atoms with Gasteiger partial charge in [0.05, 0.1) is 0 Å². The van der Waals surface area contributed by atoms with Gasteiger partial charge in [-0.15, -0.1) is 0 Å². The molecule has 1 nitrogen and oxygen atoms in total. The molecule has 0 radical (unpaired) electrons. The molecule has 0 heterocycles. The molecule has 0 aliphatic carbocycles. The van der Waals surface area contributed by atoms with Crippen LogP contribution >= 0.6 is 15.9 Å². The first-order valence-corrected chi connectivity index (χ1v) is 12.6. The number of benzene rings is 4. The number of fused-ring (bicyclic) bond motifs is 1. The quantitative estimate of drug-likeness (QED) is 0.314. The second-order valence-electron chi connectivity index (χ2n) is 8.36. The van der Waals surface area contributed by atoms with Crippen LogP contribution in [0, 0.1) is 0 Å². The summed E-state index contributed by atoms with van der Waals surface area (Å²) < 4.78 is 8.34. The van der Waals surface area contributed by atoms with E-state index in [2.05, 4.69) is 134 Å². The van der Waals surface area contributed by atoms with Gasteiger partial charge < -0.3 is 4.43 Å². The summed E-state index contributed by atoms with van der Waals surface area (Å²) in [4.78, 5) is 0. The van der Waals surface area contributed by atoms with Crippen LogP contribution in [0.1, 0.15) is 20.8 Å². The van der Waals surface area contributed by atoms with E-state index in [1.165, 1.54) is 15.8 Å². The fourth-order valence-corrected chi connectivity index (χ4v) is 9.69. The predicted octanol–water partition coefficient (Wildman–Crippen LogP) is 6.54. The van der Waals surface area contributed by atoms with Gasteiger partial charge in [0.2, 0.25) is 0 Å². The van der Waals surface area contributed by atoms with Gasteiger partial charge in [-0.2, -0.15) is 0 Å². The minimum Gasteiger partial charge on any atom is -0.534 e. The summed E-state index contributed by atoms with van der Waals surface area (Å²) in [6.45, 7) is 6.91. The number of hydrogen-bond donors (Lipinski definition) is 0. The van der Waals surface area contributed by atoms with E-state index in [0.717, 1.165) is 15.6 Å². The minimum atomic E-state index is -2.70. The largest absolute Gasteiger partial charge is 0.534 e. The highest BCUT2D eigenvalue weighted by Crippen LogP contribution is 2.40. The fourth-order valence-electron chi connectivity index (χ4n) is 4.13. The normalized spacial score (nSPS) is 13.8. The standard InChI is InChI=1S/C26H25BrOSi/c1-26(2,3)29(21-14-5-4-6-15-21,25-19-10-9-17-23(25)27)28-24-18-11-13-20-12-7-8-16-22(20)24/h4-19H,1-3H3. The lowest BCUT2D eigenvalue weighted by molar-refractivity contribution is 0.512. The van der Waals surface area contributed by atoms with Gasteiger partial charge in [-0.3, -0.25) is 0 Å². The Labute approximate surface area is 182 Å². The van der Waals surface area contributed by atoms with Gasteiger partial charge in [0.25, 0.3) is 0 Å². The smallest absolute Gasteiger partial charge is 0.321 e. The van der Waals surface area contributed by atoms with E-state index in [4.69, 9.17) is 4.43 Å². The van der Waals surface area contributed by atoms with Gasteiger partial charge in [-0.1, -0.05) is 122 Å². The van der Waals surface area contributed by atoms with Crippen LogP contribution in [0.3, 0.4) is 0 Å². The van der Waals surface area contributed by atoms with Crippen molar-refractivity contribution in [1.82, 2.24) is 0 Å². The molecule has 3 heteroatoms. The third kappa shape index (κ3) is 3.54. The van der Waals surface area contributed by atoms with E-state index in [1.807, 2.05) is 0 Å². The molecule has 4 rings (SSSR count). The maximum absolute atomic E-state index is 7.24. The van der Waals surface area contributed by atoms with E-state index in [-0.39, 0.29) is 5.04 Å². The lowest BCUT2D eigenvalue weighted by Crippen LogP contribution is -2.69. The zero-order valence-electron chi connectivity index (χ0n) is 17.0. The maximum atomic E-state index is 7.24. The second kappa shape index (κ2) is 7.81. The Balaban J connectivity index is 2.04. The van der Waals surface area contributed by atoms with E-state index in [9.17, 15) is 0 Å². The highest BCUT2D eigenvalue weighted by Gasteiger charge is 2.53. The molecule has 0 N–H and O–H groups in total. The lowest BCUT2D eigenvalue weighted by atomic mass is 10.1. The minimum absolute atomic E-state index is 0.0881. The van der Waals surface area contributed by atoms with E-state index in [0.29, 0.717) is 0 Å². The molecule has 0 saturated heterocycles. The Kier molecular flexibility index (Phi) is 5.37. The highest BCUT2D eigenvalue weighted by molar-refractivity contribution is 9.10. The summed E-state index contributed by atoms with van der Waals surface area (Å²) in [5.74, 6) is 0.948. The fraction of sp³-hybridized carbons (Fsp3) is 0.154. The van der Waals surface area contributed by atoms with Gasteiger partial charge in [-0.05, 0) is 32.9 Å². The van der Waals surface area contributed by atoms with E-state index < -0.39 is 8.32 Å². The van der Waals surface area contributed by atoms with Crippen molar-refractivity contribution in [3.05, 3.63) is 102 Å². The number of rotatable bonds is 4. The third-order valence-corrected chi connectivity index (χ3v) is 11.5. The maximum Gasteiger partial charge on any atom is 0.321 e. The van der Waals surface area contributed by atoms with Crippen molar-refractivity contribution >= 4 is 45.4 Å². The number of hydrogen-bond acceptors (Lipinski definition) is 1. The Bertz CT molecular complexity index is 1130. The SMILES string of the molecule is CC(C)(C)[Si](Oc1cccc2ccccc12)(c1ccccc1)c1ccccc1Br. The molecule has 0 saturated carbocycles. The molecule has 0 bridgehead atoms. The van der Waals surface area contributed by atoms with Crippen LogP contribution in [-0.2, 0) is 0 Å². The highest BCUT2D eigenvalue weighted by atomic mass is 79.9. The lowest BCUT2D eigenvalue weighted by Gasteiger charge is -2.43. The Morgan fingerprint density at radius 3 is 2.03 bits per heavy atom. The summed E-state index contributed by atoms with van der Waals surface area (Å²) in [6, 6.07) is 34.1. The molecule has 146 valence electrons. The molecule has 1 unspecified atom stereocenters. The Morgan fingerprint density at radius 1 is 0.690 bits per heavy atom. The topological polar surface area (TPSA) is 9.23 Å². The van der Waals surface area contributed by atoms with Crippen molar-refractivity contribution in [2.45, 2.75) is 25.8 Å². The Hall–Kier alpha value is -2.36. The molecule has 4 aromatic rings. The summed E-state index contributed by atoms with van der Waals surface area (Å²) >= 11 is 3.84. The van der Waals surface area contributed by atoms with E-state index in [1.54, 1.807) is 0 Å². The molecular weight excluding hydrogens is 436 g/mol. The summed E-state index contributed by atoms with van der Waals surface area (Å²) in [7, 11) is -2.70. The van der Waals surface area contributed by atoms with Crippen LogP contribution in [0.5, 0.6) is 5.75 Å². The van der Waals surface area contributed by atoms with Crippen molar-refractivity contribution in [3.8, 4) is 5.75 Å². The van der Waals surface area contributed by atoms with Crippen molar-refractivity contribution in [2.75, 3.05) is 0 Å². The van der Waals surface area contributed by atoms with Gasteiger partial charge >= 0.3 is 8.32 Å². The molecule has 1 atom stereocenters. The average Bonchev–Trinajstić information content (AvgIpc) is 2.72. The van der Waals surface area contributed by atoms with Crippen LogP contribution in [0.4, 0.5) is 0 Å². The molecule has 4 aromatic carbocycles. The van der Waals surface area contributed by atoms with Gasteiger partial charge in [-0.25, -0.2) is 0 Å². The second-order valence-corrected chi connectivity index (χ2v) is 13.4. The Morgan fingerprint density at radius 2 is 1.31 bits per heavy atom. The van der Waals surface area contributed by atoms with Crippen LogP contribution in [0.2, 0.25) is 5.04 Å². The predicted molar refractivity (Wildman–Crippen MR) is 130 cm³/mol. The average molecular weight is 461 g/mol. The molecule has 0 fully saturated rings. The van der Waals surface area contributed by atoms with Crippen LogP contribution in [-0.4, -0.2) is 8.32 Å². The molecule has 29 heavy (non-hydrogen) atoms. The van der Waals surface area contributed by atoms with Gasteiger partial charge in [0, 0.05) is 9.86 Å². The zero-order chi connectivity index (χ0) is 20.5. The first-order chi connectivity index (χ1) is 13.9. The third-order valence-electron chi connectivity index (χ3n) is 5.50. The summed E-state index contributed by atoms with van der Waals surface area (Å²) in [6.07, 6.45) is 0. The zero-order valence-corrected chi connectivity index (χ0v) is 19.6. The molecule has 0 amide bonds. The van der Waals surface area contributed by atoms with Crippen LogP contribution in [0.25, 0.3) is 10.8 Å². The van der Waals surface area contributed by atoms with Gasteiger partial charge in [0.1, 0.15) is 5.75 Å². The van der Waals surface area contributed by atoms with E-state index >= 15 is 0 Å². The number of halogens is 1. The van der Waals surface area contributed by atoms with Crippen LogP contribution in [0.15, 0.2) is 102 Å².